The third-order valence-electron chi connectivity index (χ3n) is 15.9. The van der Waals surface area contributed by atoms with Crippen molar-refractivity contribution in [3.05, 3.63) is 72.9 Å². The first-order valence-corrected chi connectivity index (χ1v) is 35.9. The Kier molecular flexibility index (Phi) is 67.6. The second-order valence-electron chi connectivity index (χ2n) is 24.1. The van der Waals surface area contributed by atoms with Gasteiger partial charge in [0.05, 0.1) is 0 Å². The second kappa shape index (κ2) is 70.3. The van der Waals surface area contributed by atoms with Crippen LogP contribution in [0.3, 0.4) is 0 Å². The highest BCUT2D eigenvalue weighted by Crippen LogP contribution is 2.18. The fourth-order valence-corrected chi connectivity index (χ4v) is 10.6. The zero-order valence-corrected chi connectivity index (χ0v) is 54.8. The van der Waals surface area contributed by atoms with Gasteiger partial charge in [-0.25, -0.2) is 0 Å². The van der Waals surface area contributed by atoms with Crippen molar-refractivity contribution >= 4 is 17.9 Å². The van der Waals surface area contributed by atoms with Gasteiger partial charge in [0.25, 0.3) is 0 Å². The molecule has 6 heteroatoms. The van der Waals surface area contributed by atoms with E-state index in [1.165, 1.54) is 218 Å². The minimum atomic E-state index is -0.790. The summed E-state index contributed by atoms with van der Waals surface area (Å²) in [5.41, 5.74) is 0. The van der Waals surface area contributed by atoms with Crippen molar-refractivity contribution in [2.24, 2.45) is 0 Å². The van der Waals surface area contributed by atoms with E-state index in [1.807, 2.05) is 0 Å². The van der Waals surface area contributed by atoms with Crippen LogP contribution in [0.5, 0.6) is 0 Å². The smallest absolute Gasteiger partial charge is 0.306 e. The minimum Gasteiger partial charge on any atom is -0.462 e. The predicted octanol–water partition coefficient (Wildman–Crippen LogP) is 24.8. The Labute approximate surface area is 510 Å². The summed E-state index contributed by atoms with van der Waals surface area (Å²) in [7, 11) is 0. The number of rotatable bonds is 66. The van der Waals surface area contributed by atoms with Gasteiger partial charge in [-0.1, -0.05) is 338 Å². The van der Waals surface area contributed by atoms with E-state index in [-0.39, 0.29) is 31.1 Å². The molecule has 6 nitrogen and oxygen atoms in total. The van der Waals surface area contributed by atoms with Crippen molar-refractivity contribution in [3.8, 4) is 0 Å². The fourth-order valence-electron chi connectivity index (χ4n) is 10.6. The summed E-state index contributed by atoms with van der Waals surface area (Å²) in [5, 5.41) is 0. The van der Waals surface area contributed by atoms with Crippen LogP contribution in [0.15, 0.2) is 72.9 Å². The number of hydrogen-bond donors (Lipinski definition) is 0. The molecule has 0 aliphatic heterocycles. The lowest BCUT2D eigenvalue weighted by Gasteiger charge is -2.18. The molecule has 0 saturated heterocycles. The van der Waals surface area contributed by atoms with E-state index in [0.29, 0.717) is 19.3 Å². The van der Waals surface area contributed by atoms with Crippen molar-refractivity contribution in [3.63, 3.8) is 0 Å². The molecule has 0 aliphatic carbocycles. The van der Waals surface area contributed by atoms with Crippen molar-refractivity contribution in [1.82, 2.24) is 0 Å². The van der Waals surface area contributed by atoms with Crippen LogP contribution in [-0.4, -0.2) is 37.2 Å². The molecule has 0 bridgehead atoms. The number of carbonyl (C=O) groups is 3. The molecule has 0 saturated carbocycles. The molecule has 0 rings (SSSR count). The molecule has 476 valence electrons. The summed E-state index contributed by atoms with van der Waals surface area (Å²) in [4.78, 5) is 38.4. The summed E-state index contributed by atoms with van der Waals surface area (Å²) in [5.74, 6) is -0.893. The molecule has 0 amide bonds. The largest absolute Gasteiger partial charge is 0.462 e. The van der Waals surface area contributed by atoms with Crippen LogP contribution in [0.2, 0.25) is 0 Å². The zero-order chi connectivity index (χ0) is 59.2. The van der Waals surface area contributed by atoms with E-state index in [9.17, 15) is 14.4 Å². The standard InChI is InChI=1S/C76H136O6/c1-4-7-10-13-16-19-22-25-27-29-31-33-34-35-36-37-38-39-40-41-42-44-45-47-49-51-54-57-60-63-66-69-75(78)81-72-73(71-80-74(77)68-65-62-59-56-53-24-21-18-15-12-9-6-3)82-76(79)70-67-64-61-58-55-52-50-48-46-43-32-30-28-26-23-20-17-14-11-8-5-2/h8,11,17-18,20-21,26,28,32,43,48,50,73H,4-7,9-10,12-16,19,22-25,27,29-31,33-42,44-47,49,51-72H2,1-3H3/b11-8-,20-17-,21-18-,28-26-,43-32-,50-48-. The van der Waals surface area contributed by atoms with Gasteiger partial charge in [-0.2, -0.15) is 0 Å². The molecule has 0 radical (unpaired) electrons. The van der Waals surface area contributed by atoms with Gasteiger partial charge in [0.1, 0.15) is 13.2 Å². The summed E-state index contributed by atoms with van der Waals surface area (Å²) < 4.78 is 16.9. The van der Waals surface area contributed by atoms with Crippen molar-refractivity contribution in [1.29, 1.82) is 0 Å². The van der Waals surface area contributed by atoms with Crippen LogP contribution in [0.1, 0.15) is 374 Å². The van der Waals surface area contributed by atoms with E-state index in [0.717, 1.165) is 116 Å². The molecule has 0 spiro atoms. The number of ether oxygens (including phenoxy) is 3. The van der Waals surface area contributed by atoms with Gasteiger partial charge in [-0.15, -0.1) is 0 Å². The molecule has 1 unspecified atom stereocenters. The van der Waals surface area contributed by atoms with E-state index < -0.39 is 6.10 Å². The number of unbranched alkanes of at least 4 members (excludes halogenated alkanes) is 43. The molecule has 0 N–H and O–H groups in total. The van der Waals surface area contributed by atoms with Crippen LogP contribution in [0, 0.1) is 0 Å². The van der Waals surface area contributed by atoms with Crippen molar-refractivity contribution in [2.75, 3.05) is 13.2 Å². The molecular weight excluding hydrogens is 1010 g/mol. The van der Waals surface area contributed by atoms with Crippen LogP contribution in [-0.2, 0) is 28.6 Å². The quantitative estimate of drug-likeness (QED) is 0.0261. The highest BCUT2D eigenvalue weighted by Gasteiger charge is 2.19. The lowest BCUT2D eigenvalue weighted by molar-refractivity contribution is -0.167. The topological polar surface area (TPSA) is 78.9 Å². The second-order valence-corrected chi connectivity index (χ2v) is 24.1. The highest BCUT2D eigenvalue weighted by atomic mass is 16.6. The minimum absolute atomic E-state index is 0.0830. The molecule has 82 heavy (non-hydrogen) atoms. The number of carbonyl (C=O) groups excluding carboxylic acids is 3. The fraction of sp³-hybridized carbons (Fsp3) is 0.803. The third-order valence-corrected chi connectivity index (χ3v) is 15.9. The molecule has 0 aliphatic rings. The Hall–Kier alpha value is -3.15. The predicted molar refractivity (Wildman–Crippen MR) is 358 cm³/mol. The van der Waals surface area contributed by atoms with Crippen molar-refractivity contribution in [2.45, 2.75) is 380 Å². The maximum absolute atomic E-state index is 12.9. The van der Waals surface area contributed by atoms with Gasteiger partial charge in [-0.05, 0) is 89.9 Å². The van der Waals surface area contributed by atoms with Crippen LogP contribution >= 0.6 is 0 Å². The maximum Gasteiger partial charge on any atom is 0.306 e. The molecule has 0 aromatic carbocycles. The van der Waals surface area contributed by atoms with Gasteiger partial charge < -0.3 is 14.2 Å². The zero-order valence-electron chi connectivity index (χ0n) is 54.8. The van der Waals surface area contributed by atoms with Crippen molar-refractivity contribution < 1.29 is 28.6 Å². The van der Waals surface area contributed by atoms with Gasteiger partial charge in [0, 0.05) is 19.3 Å². The molecule has 0 aromatic heterocycles. The van der Waals surface area contributed by atoms with Crippen LogP contribution < -0.4 is 0 Å². The first-order valence-electron chi connectivity index (χ1n) is 35.9. The first-order chi connectivity index (χ1) is 40.5. The lowest BCUT2D eigenvalue weighted by Crippen LogP contribution is -2.30. The molecule has 0 fully saturated rings. The summed E-state index contributed by atoms with van der Waals surface area (Å²) >= 11 is 0. The number of esters is 3. The third kappa shape index (κ3) is 67.6. The van der Waals surface area contributed by atoms with Gasteiger partial charge in [0.15, 0.2) is 6.10 Å². The SMILES string of the molecule is CC/C=C\C/C=C\C/C=C\C/C=C\C/C=C\CCCCCCCC(=O)OC(COC(=O)CCCCCCC/C=C\CCCCC)COC(=O)CCCCCCCCCCCCCCCCCCCCCCCCCCCCCCCCC. The van der Waals surface area contributed by atoms with E-state index in [1.54, 1.807) is 0 Å². The van der Waals surface area contributed by atoms with Gasteiger partial charge >= 0.3 is 17.9 Å². The molecule has 0 heterocycles. The summed E-state index contributed by atoms with van der Waals surface area (Å²) in [6, 6.07) is 0. The number of allylic oxidation sites excluding steroid dienone is 12. The normalized spacial score (nSPS) is 12.5. The maximum atomic E-state index is 12.9. The van der Waals surface area contributed by atoms with Gasteiger partial charge in [-0.3, -0.25) is 14.4 Å². The van der Waals surface area contributed by atoms with Crippen LogP contribution in [0.25, 0.3) is 0 Å². The molecular formula is C76H136O6. The lowest BCUT2D eigenvalue weighted by atomic mass is 10.0. The first kappa shape index (κ1) is 78.8. The average molecular weight is 1150 g/mol. The Balaban J connectivity index is 4.18. The Morgan fingerprint density at radius 1 is 0.256 bits per heavy atom. The Bertz CT molecular complexity index is 1500. The van der Waals surface area contributed by atoms with Crippen LogP contribution in [0.4, 0.5) is 0 Å². The number of hydrogen-bond acceptors (Lipinski definition) is 6. The Morgan fingerprint density at radius 2 is 0.476 bits per heavy atom. The van der Waals surface area contributed by atoms with E-state index >= 15 is 0 Å². The van der Waals surface area contributed by atoms with E-state index in [2.05, 4.69) is 93.7 Å². The summed E-state index contributed by atoms with van der Waals surface area (Å²) in [6.45, 7) is 6.53. The van der Waals surface area contributed by atoms with Gasteiger partial charge in [0.2, 0.25) is 0 Å². The average Bonchev–Trinajstić information content (AvgIpc) is 3.47. The van der Waals surface area contributed by atoms with E-state index in [4.69, 9.17) is 14.2 Å². The summed E-state index contributed by atoms with van der Waals surface area (Å²) in [6.07, 6.45) is 92.4. The highest BCUT2D eigenvalue weighted by molar-refractivity contribution is 5.71. The monoisotopic (exact) mass is 1150 g/mol. The Morgan fingerprint density at radius 3 is 0.780 bits per heavy atom. The molecule has 1 atom stereocenters. The molecule has 0 aromatic rings.